The zero-order valence-electron chi connectivity index (χ0n) is 15.2. The van der Waals surface area contributed by atoms with Crippen molar-refractivity contribution in [3.63, 3.8) is 0 Å². The van der Waals surface area contributed by atoms with Gasteiger partial charge in [0.15, 0.2) is 0 Å². The molecule has 138 valence electrons. The van der Waals surface area contributed by atoms with Crippen LogP contribution in [0.5, 0.6) is 0 Å². The first-order valence-electron chi connectivity index (χ1n) is 8.47. The van der Waals surface area contributed by atoms with Crippen molar-refractivity contribution in [2.24, 2.45) is 0 Å². The normalized spacial score (nSPS) is 10.7. The van der Waals surface area contributed by atoms with Gasteiger partial charge in [-0.25, -0.2) is 9.37 Å². The van der Waals surface area contributed by atoms with E-state index in [1.54, 1.807) is 19.1 Å². The topological polar surface area (TPSA) is 75.2 Å². The molecule has 0 unspecified atom stereocenters. The van der Waals surface area contributed by atoms with Crippen molar-refractivity contribution in [3.05, 3.63) is 59.4 Å². The van der Waals surface area contributed by atoms with E-state index in [1.807, 2.05) is 13.8 Å². The van der Waals surface area contributed by atoms with Gasteiger partial charge >= 0.3 is 0 Å². The molecular formula is C19H23FN4O2. The maximum atomic E-state index is 13.1. The summed E-state index contributed by atoms with van der Waals surface area (Å²) in [5.41, 5.74) is 1.69. The average Bonchev–Trinajstić information content (AvgIpc) is 2.59. The molecule has 0 aliphatic heterocycles. The molecule has 0 saturated carbocycles. The summed E-state index contributed by atoms with van der Waals surface area (Å²) in [5.74, 6) is -0.793. The minimum atomic E-state index is -0.340. The smallest absolute Gasteiger partial charge is 0.274 e. The van der Waals surface area contributed by atoms with Gasteiger partial charge in [0.05, 0.1) is 11.9 Å². The standard InChI is InChI=1S/C19H23FN4O2/c1-13(2)23-18(25)8-9-24(12-15-4-6-16(20)7-5-15)19(26)17-11-21-14(3)10-22-17/h4-7,10-11,13H,8-9,12H2,1-3H3,(H,23,25). The number of halogens is 1. The van der Waals surface area contributed by atoms with Crippen LogP contribution in [-0.4, -0.2) is 39.3 Å². The molecule has 2 aromatic rings. The van der Waals surface area contributed by atoms with Crippen LogP contribution in [0.4, 0.5) is 4.39 Å². The van der Waals surface area contributed by atoms with Crippen LogP contribution in [0.15, 0.2) is 36.7 Å². The third-order valence-electron chi connectivity index (χ3n) is 3.63. The Kier molecular flexibility index (Phi) is 6.77. The van der Waals surface area contributed by atoms with Gasteiger partial charge in [0.25, 0.3) is 5.91 Å². The molecular weight excluding hydrogens is 335 g/mol. The molecule has 0 aliphatic carbocycles. The van der Waals surface area contributed by atoms with Crippen LogP contribution in [0.2, 0.25) is 0 Å². The summed E-state index contributed by atoms with van der Waals surface area (Å²) in [7, 11) is 0. The monoisotopic (exact) mass is 358 g/mol. The maximum absolute atomic E-state index is 13.1. The van der Waals surface area contributed by atoms with Gasteiger partial charge in [-0.15, -0.1) is 0 Å². The number of hydrogen-bond donors (Lipinski definition) is 1. The number of aromatic nitrogens is 2. The summed E-state index contributed by atoms with van der Waals surface area (Å²) in [5, 5.41) is 2.80. The molecule has 0 spiro atoms. The Morgan fingerprint density at radius 1 is 1.15 bits per heavy atom. The molecule has 1 N–H and O–H groups in total. The Morgan fingerprint density at radius 2 is 1.85 bits per heavy atom. The third-order valence-corrected chi connectivity index (χ3v) is 3.63. The fourth-order valence-corrected chi connectivity index (χ4v) is 2.36. The average molecular weight is 358 g/mol. The van der Waals surface area contributed by atoms with Crippen LogP contribution in [0.25, 0.3) is 0 Å². The lowest BCUT2D eigenvalue weighted by molar-refractivity contribution is -0.121. The van der Waals surface area contributed by atoms with E-state index < -0.39 is 0 Å². The van der Waals surface area contributed by atoms with Crippen LogP contribution >= 0.6 is 0 Å². The second-order valence-electron chi connectivity index (χ2n) is 6.37. The number of nitrogens with one attached hydrogen (secondary N) is 1. The first-order valence-corrected chi connectivity index (χ1v) is 8.47. The largest absolute Gasteiger partial charge is 0.354 e. The molecule has 1 heterocycles. The van der Waals surface area contributed by atoms with Gasteiger partial charge < -0.3 is 10.2 Å². The molecule has 0 saturated heterocycles. The zero-order valence-corrected chi connectivity index (χ0v) is 15.2. The maximum Gasteiger partial charge on any atom is 0.274 e. The van der Waals surface area contributed by atoms with Gasteiger partial charge in [-0.05, 0) is 38.5 Å². The summed E-state index contributed by atoms with van der Waals surface area (Å²) >= 11 is 0. The fraction of sp³-hybridized carbons (Fsp3) is 0.368. The summed E-state index contributed by atoms with van der Waals surface area (Å²) < 4.78 is 13.1. The van der Waals surface area contributed by atoms with E-state index in [-0.39, 0.29) is 48.9 Å². The molecule has 0 atom stereocenters. The number of rotatable bonds is 7. The SMILES string of the molecule is Cc1cnc(C(=O)N(CCC(=O)NC(C)C)Cc2ccc(F)cc2)cn1. The van der Waals surface area contributed by atoms with E-state index in [0.29, 0.717) is 5.69 Å². The highest BCUT2D eigenvalue weighted by Crippen LogP contribution is 2.11. The van der Waals surface area contributed by atoms with Crippen molar-refractivity contribution in [3.8, 4) is 0 Å². The highest BCUT2D eigenvalue weighted by molar-refractivity contribution is 5.92. The predicted octanol–water partition coefficient (Wildman–Crippen LogP) is 2.48. The molecule has 1 aromatic heterocycles. The van der Waals surface area contributed by atoms with Gasteiger partial charge in [0, 0.05) is 31.7 Å². The number of aryl methyl sites for hydroxylation is 1. The predicted molar refractivity (Wildman–Crippen MR) is 95.8 cm³/mol. The lowest BCUT2D eigenvalue weighted by Gasteiger charge is -2.22. The van der Waals surface area contributed by atoms with Crippen molar-refractivity contribution >= 4 is 11.8 Å². The minimum Gasteiger partial charge on any atom is -0.354 e. The van der Waals surface area contributed by atoms with Gasteiger partial charge in [-0.3, -0.25) is 14.6 Å². The first kappa shape index (κ1) is 19.5. The van der Waals surface area contributed by atoms with E-state index in [2.05, 4.69) is 15.3 Å². The molecule has 0 radical (unpaired) electrons. The van der Waals surface area contributed by atoms with Gasteiger partial charge in [0.1, 0.15) is 11.5 Å². The Hall–Kier alpha value is -2.83. The number of nitrogens with zero attached hydrogens (tertiary/aromatic N) is 3. The molecule has 1 aromatic carbocycles. The Balaban J connectivity index is 2.14. The second-order valence-corrected chi connectivity index (χ2v) is 6.37. The lowest BCUT2D eigenvalue weighted by atomic mass is 10.2. The van der Waals surface area contributed by atoms with Crippen molar-refractivity contribution in [1.29, 1.82) is 0 Å². The second kappa shape index (κ2) is 9.03. The van der Waals surface area contributed by atoms with Gasteiger partial charge in [-0.2, -0.15) is 0 Å². The number of amides is 2. The fourth-order valence-electron chi connectivity index (χ4n) is 2.36. The third kappa shape index (κ3) is 5.91. The quantitative estimate of drug-likeness (QED) is 0.825. The van der Waals surface area contributed by atoms with E-state index in [9.17, 15) is 14.0 Å². The molecule has 0 fully saturated rings. The first-order chi connectivity index (χ1) is 12.3. The Labute approximate surface area is 152 Å². The Morgan fingerprint density at radius 3 is 2.42 bits per heavy atom. The minimum absolute atomic E-state index is 0.0340. The molecule has 26 heavy (non-hydrogen) atoms. The van der Waals surface area contributed by atoms with E-state index in [1.165, 1.54) is 29.4 Å². The molecule has 2 rings (SSSR count). The van der Waals surface area contributed by atoms with Crippen molar-refractivity contribution in [1.82, 2.24) is 20.2 Å². The molecule has 7 heteroatoms. The summed E-state index contributed by atoms with van der Waals surface area (Å²) in [6.45, 7) is 6.02. The lowest BCUT2D eigenvalue weighted by Crippen LogP contribution is -2.37. The van der Waals surface area contributed by atoms with E-state index in [0.717, 1.165) is 5.56 Å². The highest BCUT2D eigenvalue weighted by Gasteiger charge is 2.19. The Bertz CT molecular complexity index is 745. The van der Waals surface area contributed by atoms with Crippen LogP contribution < -0.4 is 5.32 Å². The van der Waals surface area contributed by atoms with Crippen molar-refractivity contribution < 1.29 is 14.0 Å². The van der Waals surface area contributed by atoms with Gasteiger partial charge in [0.2, 0.25) is 5.91 Å². The number of benzene rings is 1. The van der Waals surface area contributed by atoms with Crippen LogP contribution in [0.3, 0.4) is 0 Å². The molecule has 6 nitrogen and oxygen atoms in total. The summed E-state index contributed by atoms with van der Waals surface area (Å²) in [4.78, 5) is 34.4. The molecule has 0 bridgehead atoms. The number of carbonyl (C=O) groups excluding carboxylic acids is 2. The van der Waals surface area contributed by atoms with E-state index in [4.69, 9.17) is 0 Å². The van der Waals surface area contributed by atoms with Crippen molar-refractivity contribution in [2.75, 3.05) is 6.54 Å². The van der Waals surface area contributed by atoms with Crippen LogP contribution in [0.1, 0.15) is 42.0 Å². The molecule has 0 aliphatic rings. The van der Waals surface area contributed by atoms with Crippen LogP contribution in [-0.2, 0) is 11.3 Å². The zero-order chi connectivity index (χ0) is 19.1. The van der Waals surface area contributed by atoms with Gasteiger partial charge in [-0.1, -0.05) is 12.1 Å². The molecule has 2 amide bonds. The van der Waals surface area contributed by atoms with E-state index >= 15 is 0 Å². The van der Waals surface area contributed by atoms with Crippen molar-refractivity contribution in [2.45, 2.75) is 39.8 Å². The van der Waals surface area contributed by atoms with Crippen LogP contribution in [0, 0.1) is 12.7 Å². The number of hydrogen-bond acceptors (Lipinski definition) is 4. The highest BCUT2D eigenvalue weighted by atomic mass is 19.1. The summed E-state index contributed by atoms with van der Waals surface area (Å²) in [6, 6.07) is 5.95. The summed E-state index contributed by atoms with van der Waals surface area (Å²) in [6.07, 6.45) is 3.11. The number of carbonyl (C=O) groups is 2.